The maximum absolute atomic E-state index is 12.1. The number of aryl methyl sites for hydroxylation is 2. The zero-order valence-electron chi connectivity index (χ0n) is 11.3. The van der Waals surface area contributed by atoms with Crippen LogP contribution in [0.4, 0.5) is 0 Å². The van der Waals surface area contributed by atoms with Crippen LogP contribution in [-0.2, 0) is 6.54 Å². The highest BCUT2D eigenvalue weighted by Gasteiger charge is 2.12. The summed E-state index contributed by atoms with van der Waals surface area (Å²) in [5, 5.41) is 3.88. The summed E-state index contributed by atoms with van der Waals surface area (Å²) in [6.07, 6.45) is 0. The van der Waals surface area contributed by atoms with Crippen LogP contribution in [0.25, 0.3) is 10.2 Å². The lowest BCUT2D eigenvalue weighted by atomic mass is 10.2. The van der Waals surface area contributed by atoms with Gasteiger partial charge >= 0.3 is 0 Å². The SMILES string of the molecule is Cc1cc(C(=O)NCc2nc3ccccc3s2)c(C)s1. The summed E-state index contributed by atoms with van der Waals surface area (Å²) in [5.74, 6) is -0.0221. The number of para-hydroxylation sites is 1. The third-order valence-electron chi connectivity index (χ3n) is 3.02. The number of amides is 1. The van der Waals surface area contributed by atoms with Gasteiger partial charge in [0.2, 0.25) is 0 Å². The Balaban J connectivity index is 1.73. The minimum absolute atomic E-state index is 0.0221. The fourth-order valence-corrected chi connectivity index (χ4v) is 3.93. The van der Waals surface area contributed by atoms with E-state index in [1.54, 1.807) is 22.7 Å². The van der Waals surface area contributed by atoms with Crippen molar-refractivity contribution in [2.45, 2.75) is 20.4 Å². The van der Waals surface area contributed by atoms with Crippen molar-refractivity contribution in [3.8, 4) is 0 Å². The molecule has 0 fully saturated rings. The van der Waals surface area contributed by atoms with Crippen molar-refractivity contribution in [2.75, 3.05) is 0 Å². The maximum atomic E-state index is 12.1. The minimum Gasteiger partial charge on any atom is -0.345 e. The second-order valence-electron chi connectivity index (χ2n) is 4.58. The van der Waals surface area contributed by atoms with Crippen molar-refractivity contribution in [2.24, 2.45) is 0 Å². The number of thiazole rings is 1. The first-order valence-corrected chi connectivity index (χ1v) is 7.96. The molecule has 1 N–H and O–H groups in total. The number of carbonyl (C=O) groups is 1. The molecule has 3 rings (SSSR count). The number of nitrogens with zero attached hydrogens (tertiary/aromatic N) is 1. The molecule has 2 heterocycles. The number of hydrogen-bond acceptors (Lipinski definition) is 4. The van der Waals surface area contributed by atoms with Gasteiger partial charge < -0.3 is 5.32 Å². The van der Waals surface area contributed by atoms with E-state index in [1.807, 2.05) is 44.2 Å². The molecule has 2 aromatic heterocycles. The van der Waals surface area contributed by atoms with E-state index in [0.29, 0.717) is 6.54 Å². The summed E-state index contributed by atoms with van der Waals surface area (Å²) in [5.41, 5.74) is 1.76. The number of thiophene rings is 1. The highest BCUT2D eigenvalue weighted by molar-refractivity contribution is 7.18. The second kappa shape index (κ2) is 5.34. The average molecular weight is 302 g/mol. The lowest BCUT2D eigenvalue weighted by Gasteiger charge is -2.01. The van der Waals surface area contributed by atoms with E-state index in [0.717, 1.165) is 30.5 Å². The van der Waals surface area contributed by atoms with E-state index < -0.39 is 0 Å². The summed E-state index contributed by atoms with van der Waals surface area (Å²) < 4.78 is 1.15. The molecule has 1 aromatic carbocycles. The van der Waals surface area contributed by atoms with Crippen LogP contribution in [0.5, 0.6) is 0 Å². The predicted octanol–water partition coefficient (Wildman–Crippen LogP) is 3.90. The fraction of sp³-hybridized carbons (Fsp3) is 0.200. The molecule has 20 heavy (non-hydrogen) atoms. The molecular weight excluding hydrogens is 288 g/mol. The Morgan fingerprint density at radius 3 is 2.75 bits per heavy atom. The van der Waals surface area contributed by atoms with Gasteiger partial charge in [0.25, 0.3) is 5.91 Å². The van der Waals surface area contributed by atoms with Crippen LogP contribution >= 0.6 is 22.7 Å². The molecule has 0 aliphatic rings. The van der Waals surface area contributed by atoms with Gasteiger partial charge in [0, 0.05) is 9.75 Å². The molecule has 1 amide bonds. The van der Waals surface area contributed by atoms with E-state index in [4.69, 9.17) is 0 Å². The molecule has 5 heteroatoms. The first kappa shape index (κ1) is 13.3. The van der Waals surface area contributed by atoms with Gasteiger partial charge in [0.05, 0.1) is 22.3 Å². The topological polar surface area (TPSA) is 42.0 Å². The molecule has 3 nitrogen and oxygen atoms in total. The molecule has 0 saturated carbocycles. The van der Waals surface area contributed by atoms with Crippen LogP contribution in [0.15, 0.2) is 30.3 Å². The van der Waals surface area contributed by atoms with Gasteiger partial charge in [-0.1, -0.05) is 12.1 Å². The second-order valence-corrected chi connectivity index (χ2v) is 7.16. The largest absolute Gasteiger partial charge is 0.345 e. The predicted molar refractivity (Wildman–Crippen MR) is 84.6 cm³/mol. The highest BCUT2D eigenvalue weighted by Crippen LogP contribution is 2.22. The van der Waals surface area contributed by atoms with Gasteiger partial charge in [0.15, 0.2) is 0 Å². The Kier molecular flexibility index (Phi) is 3.54. The number of rotatable bonds is 3. The average Bonchev–Trinajstić information content (AvgIpc) is 2.98. The van der Waals surface area contributed by atoms with Crippen molar-refractivity contribution in [1.82, 2.24) is 10.3 Å². The van der Waals surface area contributed by atoms with Gasteiger partial charge in [0.1, 0.15) is 5.01 Å². The quantitative estimate of drug-likeness (QED) is 0.797. The summed E-state index contributed by atoms with van der Waals surface area (Å²) in [4.78, 5) is 18.9. The van der Waals surface area contributed by atoms with Crippen molar-refractivity contribution in [3.05, 3.63) is 50.7 Å². The van der Waals surface area contributed by atoms with E-state index in [1.165, 1.54) is 0 Å². The fourth-order valence-electron chi connectivity index (χ4n) is 2.10. The number of aromatic nitrogens is 1. The lowest BCUT2D eigenvalue weighted by molar-refractivity contribution is 0.0951. The minimum atomic E-state index is -0.0221. The zero-order valence-corrected chi connectivity index (χ0v) is 12.9. The summed E-state index contributed by atoms with van der Waals surface area (Å²) in [7, 11) is 0. The van der Waals surface area contributed by atoms with Gasteiger partial charge in [-0.15, -0.1) is 22.7 Å². The van der Waals surface area contributed by atoms with Gasteiger partial charge in [-0.05, 0) is 32.0 Å². The highest BCUT2D eigenvalue weighted by atomic mass is 32.1. The van der Waals surface area contributed by atoms with Crippen molar-refractivity contribution in [3.63, 3.8) is 0 Å². The standard InChI is InChI=1S/C15H14N2OS2/c1-9-7-11(10(2)19-9)15(18)16-8-14-17-12-5-3-4-6-13(12)20-14/h3-7H,8H2,1-2H3,(H,16,18). The first-order valence-electron chi connectivity index (χ1n) is 6.33. The van der Waals surface area contributed by atoms with Gasteiger partial charge in [-0.25, -0.2) is 4.98 Å². The molecule has 0 radical (unpaired) electrons. The number of carbonyl (C=O) groups excluding carboxylic acids is 1. The molecule has 0 aliphatic carbocycles. The van der Waals surface area contributed by atoms with Crippen LogP contribution in [0, 0.1) is 13.8 Å². The molecule has 0 unspecified atom stereocenters. The summed E-state index contributed by atoms with van der Waals surface area (Å²) in [6, 6.07) is 9.95. The van der Waals surface area contributed by atoms with E-state index in [2.05, 4.69) is 10.3 Å². The Morgan fingerprint density at radius 1 is 1.25 bits per heavy atom. The third-order valence-corrected chi connectivity index (χ3v) is 5.03. The Hall–Kier alpha value is -1.72. The molecule has 3 aromatic rings. The van der Waals surface area contributed by atoms with Crippen LogP contribution in [0.2, 0.25) is 0 Å². The molecular formula is C15H14N2OS2. The normalized spacial score (nSPS) is 10.9. The number of fused-ring (bicyclic) bond motifs is 1. The first-order chi connectivity index (χ1) is 9.63. The van der Waals surface area contributed by atoms with Crippen LogP contribution < -0.4 is 5.32 Å². The zero-order chi connectivity index (χ0) is 14.1. The summed E-state index contributed by atoms with van der Waals surface area (Å²) >= 11 is 3.27. The Bertz CT molecular complexity index is 740. The third kappa shape index (κ3) is 2.59. The van der Waals surface area contributed by atoms with Crippen molar-refractivity contribution >= 4 is 38.8 Å². The number of nitrogens with one attached hydrogen (secondary N) is 1. The van der Waals surface area contributed by atoms with Crippen molar-refractivity contribution < 1.29 is 4.79 Å². The molecule has 0 bridgehead atoms. The molecule has 102 valence electrons. The molecule has 0 aliphatic heterocycles. The van der Waals surface area contributed by atoms with Gasteiger partial charge in [-0.2, -0.15) is 0 Å². The van der Waals surface area contributed by atoms with E-state index in [-0.39, 0.29) is 5.91 Å². The van der Waals surface area contributed by atoms with Crippen LogP contribution in [-0.4, -0.2) is 10.9 Å². The summed E-state index contributed by atoms with van der Waals surface area (Å²) in [6.45, 7) is 4.47. The van der Waals surface area contributed by atoms with E-state index >= 15 is 0 Å². The van der Waals surface area contributed by atoms with Crippen LogP contribution in [0.3, 0.4) is 0 Å². The smallest absolute Gasteiger partial charge is 0.252 e. The van der Waals surface area contributed by atoms with Gasteiger partial charge in [-0.3, -0.25) is 4.79 Å². The number of benzene rings is 1. The Morgan fingerprint density at radius 2 is 2.05 bits per heavy atom. The monoisotopic (exact) mass is 302 g/mol. The Labute approximate surface area is 125 Å². The molecule has 0 atom stereocenters. The molecule has 0 spiro atoms. The van der Waals surface area contributed by atoms with Crippen molar-refractivity contribution in [1.29, 1.82) is 0 Å². The molecule has 0 saturated heterocycles. The van der Waals surface area contributed by atoms with E-state index in [9.17, 15) is 4.79 Å². The maximum Gasteiger partial charge on any atom is 0.252 e. The van der Waals surface area contributed by atoms with Crippen LogP contribution in [0.1, 0.15) is 25.1 Å². The number of hydrogen-bond donors (Lipinski definition) is 1. The lowest BCUT2D eigenvalue weighted by Crippen LogP contribution is -2.22.